The molecule has 1 aliphatic rings. The van der Waals surface area contributed by atoms with E-state index in [4.69, 9.17) is 16.7 Å². The number of carbonyl (C=O) groups excluding carboxylic acids is 1. The number of likely N-dealkylation sites (tertiary alicyclic amines) is 1. The van der Waals surface area contributed by atoms with Crippen LogP contribution in [0.4, 0.5) is 4.79 Å². The highest BCUT2D eigenvalue weighted by Gasteiger charge is 2.28. The molecule has 0 spiro atoms. The van der Waals surface area contributed by atoms with Crippen molar-refractivity contribution in [3.05, 3.63) is 21.3 Å². The number of carboxylic acids is 1. The van der Waals surface area contributed by atoms with Crippen LogP contribution >= 0.6 is 22.9 Å². The Balaban J connectivity index is 1.92. The van der Waals surface area contributed by atoms with Crippen molar-refractivity contribution in [1.82, 2.24) is 10.2 Å². The lowest BCUT2D eigenvalue weighted by molar-refractivity contribution is -0.143. The van der Waals surface area contributed by atoms with Crippen LogP contribution in [0.3, 0.4) is 0 Å². The highest BCUT2D eigenvalue weighted by molar-refractivity contribution is 7.16. The van der Waals surface area contributed by atoms with Crippen LogP contribution in [0.5, 0.6) is 0 Å². The molecule has 0 radical (unpaired) electrons. The lowest BCUT2D eigenvalue weighted by Crippen LogP contribution is -2.47. The first-order chi connectivity index (χ1) is 9.47. The van der Waals surface area contributed by atoms with Gasteiger partial charge in [0.05, 0.1) is 16.3 Å². The molecule has 1 saturated heterocycles. The summed E-state index contributed by atoms with van der Waals surface area (Å²) in [4.78, 5) is 25.7. The molecule has 2 N–H and O–H groups in total. The van der Waals surface area contributed by atoms with Gasteiger partial charge < -0.3 is 15.3 Å². The number of carbonyl (C=O) groups is 2. The number of hydrogen-bond donors (Lipinski definition) is 2. The zero-order valence-corrected chi connectivity index (χ0v) is 12.7. The van der Waals surface area contributed by atoms with Gasteiger partial charge in [-0.15, -0.1) is 11.3 Å². The molecule has 20 heavy (non-hydrogen) atoms. The van der Waals surface area contributed by atoms with E-state index in [0.717, 1.165) is 11.3 Å². The van der Waals surface area contributed by atoms with E-state index >= 15 is 0 Å². The van der Waals surface area contributed by atoms with Crippen LogP contribution in [0.25, 0.3) is 0 Å². The van der Waals surface area contributed by atoms with Crippen LogP contribution in [-0.2, 0) is 4.79 Å². The molecule has 1 aliphatic heterocycles. The van der Waals surface area contributed by atoms with Gasteiger partial charge in [-0.2, -0.15) is 0 Å². The molecular formula is C13H17ClN2O3S. The molecule has 1 unspecified atom stereocenters. The fraction of sp³-hybridized carbons (Fsp3) is 0.538. The van der Waals surface area contributed by atoms with E-state index in [1.165, 1.54) is 11.3 Å². The third-order valence-electron chi connectivity index (χ3n) is 3.42. The van der Waals surface area contributed by atoms with E-state index < -0.39 is 11.9 Å². The van der Waals surface area contributed by atoms with Crippen molar-refractivity contribution < 1.29 is 14.7 Å². The Hall–Kier alpha value is -1.27. The van der Waals surface area contributed by atoms with E-state index in [1.807, 2.05) is 13.0 Å². The number of aliphatic carboxylic acids is 1. The summed E-state index contributed by atoms with van der Waals surface area (Å²) in [7, 11) is 0. The largest absolute Gasteiger partial charge is 0.481 e. The van der Waals surface area contributed by atoms with Gasteiger partial charge in [-0.25, -0.2) is 4.79 Å². The van der Waals surface area contributed by atoms with Crippen LogP contribution in [0.1, 0.15) is 30.7 Å². The number of amides is 2. The van der Waals surface area contributed by atoms with E-state index in [-0.39, 0.29) is 18.6 Å². The summed E-state index contributed by atoms with van der Waals surface area (Å²) < 4.78 is 0.685. The van der Waals surface area contributed by atoms with Crippen molar-refractivity contribution in [2.45, 2.75) is 25.8 Å². The predicted molar refractivity (Wildman–Crippen MR) is 78.2 cm³/mol. The number of rotatable bonds is 3. The molecule has 2 rings (SSSR count). The van der Waals surface area contributed by atoms with Gasteiger partial charge in [0.25, 0.3) is 0 Å². The molecule has 0 aliphatic carbocycles. The summed E-state index contributed by atoms with van der Waals surface area (Å²) >= 11 is 7.30. The molecule has 2 amide bonds. The lowest BCUT2D eigenvalue weighted by Gasteiger charge is -2.31. The molecule has 7 heteroatoms. The first-order valence-corrected chi connectivity index (χ1v) is 7.70. The van der Waals surface area contributed by atoms with Crippen molar-refractivity contribution in [3.8, 4) is 0 Å². The normalized spacial score (nSPS) is 20.5. The molecule has 2 atom stereocenters. The molecule has 0 bridgehead atoms. The smallest absolute Gasteiger partial charge is 0.317 e. The van der Waals surface area contributed by atoms with Gasteiger partial charge in [-0.05, 0) is 31.9 Å². The van der Waals surface area contributed by atoms with Gasteiger partial charge in [0.1, 0.15) is 0 Å². The van der Waals surface area contributed by atoms with Crippen molar-refractivity contribution in [2.24, 2.45) is 5.92 Å². The molecular weight excluding hydrogens is 300 g/mol. The topological polar surface area (TPSA) is 69.6 Å². The maximum Gasteiger partial charge on any atom is 0.317 e. The molecule has 1 fully saturated rings. The SMILES string of the molecule is CC(NC(=O)N1CCC[C@H](C(=O)O)C1)c1ccc(Cl)s1. The number of piperidine rings is 1. The highest BCUT2D eigenvalue weighted by Crippen LogP contribution is 2.27. The molecule has 0 saturated carbocycles. The van der Waals surface area contributed by atoms with E-state index in [9.17, 15) is 9.59 Å². The fourth-order valence-corrected chi connectivity index (χ4v) is 3.34. The second-order valence-corrected chi connectivity index (χ2v) is 6.68. The number of nitrogens with one attached hydrogen (secondary N) is 1. The molecule has 5 nitrogen and oxygen atoms in total. The molecule has 2 heterocycles. The number of halogens is 1. The minimum Gasteiger partial charge on any atom is -0.481 e. The predicted octanol–water partition coefficient (Wildman–Crippen LogP) is 2.97. The zero-order valence-electron chi connectivity index (χ0n) is 11.1. The van der Waals surface area contributed by atoms with Crippen LogP contribution in [0.15, 0.2) is 12.1 Å². The average Bonchev–Trinajstić information content (AvgIpc) is 2.85. The third kappa shape index (κ3) is 3.64. The summed E-state index contributed by atoms with van der Waals surface area (Å²) in [6.07, 6.45) is 1.36. The van der Waals surface area contributed by atoms with Gasteiger partial charge in [0.15, 0.2) is 0 Å². The average molecular weight is 317 g/mol. The van der Waals surface area contributed by atoms with Crippen LogP contribution < -0.4 is 5.32 Å². The second-order valence-electron chi connectivity index (χ2n) is 4.94. The Bertz CT molecular complexity index is 506. The molecule has 0 aromatic carbocycles. The van der Waals surface area contributed by atoms with Crippen LogP contribution in [0.2, 0.25) is 4.34 Å². The number of urea groups is 1. The Morgan fingerprint density at radius 3 is 2.90 bits per heavy atom. The number of hydrogen-bond acceptors (Lipinski definition) is 3. The van der Waals surface area contributed by atoms with Gasteiger partial charge >= 0.3 is 12.0 Å². The summed E-state index contributed by atoms with van der Waals surface area (Å²) in [5.41, 5.74) is 0. The van der Waals surface area contributed by atoms with Crippen molar-refractivity contribution >= 4 is 34.9 Å². The quantitative estimate of drug-likeness (QED) is 0.900. The minimum absolute atomic E-state index is 0.134. The minimum atomic E-state index is -0.833. The van der Waals surface area contributed by atoms with Crippen molar-refractivity contribution in [1.29, 1.82) is 0 Å². The summed E-state index contributed by atoms with van der Waals surface area (Å²) in [6.45, 7) is 2.77. The van der Waals surface area contributed by atoms with Crippen molar-refractivity contribution in [3.63, 3.8) is 0 Å². The van der Waals surface area contributed by atoms with Crippen LogP contribution in [-0.4, -0.2) is 35.1 Å². The number of nitrogens with zero attached hydrogens (tertiary/aromatic N) is 1. The first-order valence-electron chi connectivity index (χ1n) is 6.51. The standard InChI is InChI=1S/C13H17ClN2O3S/c1-8(10-4-5-11(14)20-10)15-13(19)16-6-2-3-9(7-16)12(17)18/h4-5,8-9H,2-3,6-7H2,1H3,(H,15,19)(H,17,18)/t8?,9-/m0/s1. The number of carboxylic acid groups (broad SMARTS) is 1. The zero-order chi connectivity index (χ0) is 14.7. The monoisotopic (exact) mass is 316 g/mol. The molecule has 110 valence electrons. The Labute approximate surface area is 126 Å². The Kier molecular flexibility index (Phi) is 4.88. The highest BCUT2D eigenvalue weighted by atomic mass is 35.5. The summed E-state index contributed by atoms with van der Waals surface area (Å²) in [6, 6.07) is 3.33. The first kappa shape index (κ1) is 15.1. The molecule has 1 aromatic heterocycles. The van der Waals surface area contributed by atoms with Gasteiger partial charge in [-0.1, -0.05) is 11.6 Å². The summed E-state index contributed by atoms with van der Waals surface area (Å²) in [5.74, 6) is -1.29. The molecule has 1 aromatic rings. The maximum absolute atomic E-state index is 12.2. The van der Waals surface area contributed by atoms with Crippen LogP contribution in [0, 0.1) is 5.92 Å². The van der Waals surface area contributed by atoms with Crippen molar-refractivity contribution in [2.75, 3.05) is 13.1 Å². The fourth-order valence-electron chi connectivity index (χ4n) is 2.27. The third-order valence-corrected chi connectivity index (χ3v) is 4.83. The van der Waals surface area contributed by atoms with Gasteiger partial charge in [0, 0.05) is 18.0 Å². The number of thiophene rings is 1. The van der Waals surface area contributed by atoms with Gasteiger partial charge in [0.2, 0.25) is 0 Å². The lowest BCUT2D eigenvalue weighted by atomic mass is 9.99. The van der Waals surface area contributed by atoms with E-state index in [2.05, 4.69) is 5.32 Å². The maximum atomic E-state index is 12.2. The van der Waals surface area contributed by atoms with Gasteiger partial charge in [-0.3, -0.25) is 4.79 Å². The Morgan fingerprint density at radius 1 is 1.55 bits per heavy atom. The summed E-state index contributed by atoms with van der Waals surface area (Å²) in [5, 5.41) is 11.9. The van der Waals surface area contributed by atoms with E-state index in [1.54, 1.807) is 11.0 Å². The second kappa shape index (κ2) is 6.45. The Morgan fingerprint density at radius 2 is 2.30 bits per heavy atom. The van der Waals surface area contributed by atoms with E-state index in [0.29, 0.717) is 17.3 Å².